The fourth-order valence-corrected chi connectivity index (χ4v) is 3.73. The Morgan fingerprint density at radius 3 is 2.19 bits per heavy atom. The summed E-state index contributed by atoms with van der Waals surface area (Å²) in [5, 5.41) is 0. The SMILES string of the molecule is CC1(OCc2cccc(OC3(C)CCCC3)c2)CCCC1. The van der Waals surface area contributed by atoms with E-state index in [1.807, 2.05) is 0 Å². The number of hydrogen-bond acceptors (Lipinski definition) is 2. The van der Waals surface area contributed by atoms with E-state index >= 15 is 0 Å². The maximum Gasteiger partial charge on any atom is 0.120 e. The van der Waals surface area contributed by atoms with Crippen molar-refractivity contribution in [3.63, 3.8) is 0 Å². The second kappa shape index (κ2) is 6.00. The van der Waals surface area contributed by atoms with Crippen molar-refractivity contribution >= 4 is 0 Å². The topological polar surface area (TPSA) is 18.5 Å². The first-order valence-corrected chi connectivity index (χ1v) is 8.49. The highest BCUT2D eigenvalue weighted by molar-refractivity contribution is 5.29. The molecule has 2 saturated carbocycles. The van der Waals surface area contributed by atoms with Crippen LogP contribution in [0.25, 0.3) is 0 Å². The molecular formula is C19H28O2. The lowest BCUT2D eigenvalue weighted by atomic mass is 10.1. The maximum atomic E-state index is 6.24. The molecule has 2 aliphatic rings. The van der Waals surface area contributed by atoms with Crippen LogP contribution in [0.3, 0.4) is 0 Å². The number of benzene rings is 1. The molecule has 0 N–H and O–H groups in total. The lowest BCUT2D eigenvalue weighted by molar-refractivity contribution is -0.0378. The van der Waals surface area contributed by atoms with Crippen LogP contribution in [0.4, 0.5) is 0 Å². The van der Waals surface area contributed by atoms with Crippen molar-refractivity contribution < 1.29 is 9.47 Å². The third kappa shape index (κ3) is 3.79. The molecule has 0 bridgehead atoms. The summed E-state index contributed by atoms with van der Waals surface area (Å²) in [4.78, 5) is 0. The zero-order chi connectivity index (χ0) is 14.8. The lowest BCUT2D eigenvalue weighted by Crippen LogP contribution is -2.28. The summed E-state index contributed by atoms with van der Waals surface area (Å²) < 4.78 is 12.4. The zero-order valence-electron chi connectivity index (χ0n) is 13.5. The first-order chi connectivity index (χ1) is 10.1. The van der Waals surface area contributed by atoms with Gasteiger partial charge in [-0.2, -0.15) is 0 Å². The van der Waals surface area contributed by atoms with Gasteiger partial charge in [0, 0.05) is 0 Å². The molecule has 0 unspecified atom stereocenters. The van der Waals surface area contributed by atoms with Crippen LogP contribution in [0.15, 0.2) is 24.3 Å². The summed E-state index contributed by atoms with van der Waals surface area (Å²) in [5.41, 5.74) is 1.35. The summed E-state index contributed by atoms with van der Waals surface area (Å²) in [6, 6.07) is 8.46. The maximum absolute atomic E-state index is 6.24. The summed E-state index contributed by atoms with van der Waals surface area (Å²) >= 11 is 0. The average molecular weight is 288 g/mol. The highest BCUT2D eigenvalue weighted by atomic mass is 16.5. The largest absolute Gasteiger partial charge is 0.488 e. The molecule has 0 amide bonds. The monoisotopic (exact) mass is 288 g/mol. The van der Waals surface area contributed by atoms with Gasteiger partial charge in [-0.1, -0.05) is 25.0 Å². The van der Waals surface area contributed by atoms with E-state index in [2.05, 4.69) is 38.1 Å². The van der Waals surface area contributed by atoms with Crippen LogP contribution in [0.5, 0.6) is 5.75 Å². The van der Waals surface area contributed by atoms with Gasteiger partial charge >= 0.3 is 0 Å². The molecule has 0 spiro atoms. The van der Waals surface area contributed by atoms with Crippen LogP contribution in [-0.2, 0) is 11.3 Å². The van der Waals surface area contributed by atoms with Gasteiger partial charge < -0.3 is 9.47 Å². The third-order valence-corrected chi connectivity index (χ3v) is 5.17. The second-order valence-electron chi connectivity index (χ2n) is 7.35. The average Bonchev–Trinajstić information content (AvgIpc) is 3.07. The van der Waals surface area contributed by atoms with Crippen molar-refractivity contribution in [1.29, 1.82) is 0 Å². The van der Waals surface area contributed by atoms with Crippen molar-refractivity contribution in [3.8, 4) is 5.75 Å². The molecule has 1 aromatic rings. The Morgan fingerprint density at radius 2 is 1.52 bits per heavy atom. The highest BCUT2D eigenvalue weighted by Gasteiger charge is 2.31. The predicted molar refractivity (Wildman–Crippen MR) is 85.6 cm³/mol. The van der Waals surface area contributed by atoms with E-state index in [1.165, 1.54) is 56.9 Å². The van der Waals surface area contributed by atoms with E-state index in [1.54, 1.807) is 0 Å². The van der Waals surface area contributed by atoms with E-state index in [4.69, 9.17) is 9.47 Å². The fourth-order valence-electron chi connectivity index (χ4n) is 3.73. The summed E-state index contributed by atoms with van der Waals surface area (Å²) in [5.74, 6) is 0.997. The van der Waals surface area contributed by atoms with E-state index in [0.29, 0.717) is 6.61 Å². The van der Waals surface area contributed by atoms with Gasteiger partial charge in [0.1, 0.15) is 11.4 Å². The minimum absolute atomic E-state index is 0.0386. The zero-order valence-corrected chi connectivity index (χ0v) is 13.5. The number of ether oxygens (including phenoxy) is 2. The van der Waals surface area contributed by atoms with E-state index < -0.39 is 0 Å². The van der Waals surface area contributed by atoms with Gasteiger partial charge in [-0.05, 0) is 70.1 Å². The molecule has 0 aliphatic heterocycles. The van der Waals surface area contributed by atoms with Gasteiger partial charge in [-0.25, -0.2) is 0 Å². The molecule has 1 aromatic carbocycles. The first kappa shape index (κ1) is 14.9. The smallest absolute Gasteiger partial charge is 0.120 e. The van der Waals surface area contributed by atoms with Gasteiger partial charge in [-0.3, -0.25) is 0 Å². The Morgan fingerprint density at radius 1 is 0.905 bits per heavy atom. The highest BCUT2D eigenvalue weighted by Crippen LogP contribution is 2.35. The van der Waals surface area contributed by atoms with E-state index in [9.17, 15) is 0 Å². The quantitative estimate of drug-likeness (QED) is 0.737. The van der Waals surface area contributed by atoms with Crippen LogP contribution in [0.2, 0.25) is 0 Å². The Kier molecular flexibility index (Phi) is 4.26. The van der Waals surface area contributed by atoms with Crippen molar-refractivity contribution in [2.75, 3.05) is 0 Å². The van der Waals surface area contributed by atoms with Crippen molar-refractivity contribution in [2.45, 2.75) is 83.0 Å². The van der Waals surface area contributed by atoms with Crippen molar-refractivity contribution in [1.82, 2.24) is 0 Å². The van der Waals surface area contributed by atoms with Crippen LogP contribution in [0.1, 0.15) is 70.8 Å². The third-order valence-electron chi connectivity index (χ3n) is 5.17. The molecule has 2 heteroatoms. The normalized spacial score (nSPS) is 23.3. The second-order valence-corrected chi connectivity index (χ2v) is 7.35. The molecule has 0 atom stereocenters. The van der Waals surface area contributed by atoms with Crippen molar-refractivity contribution in [3.05, 3.63) is 29.8 Å². The van der Waals surface area contributed by atoms with Gasteiger partial charge in [0.15, 0.2) is 0 Å². The van der Waals surface area contributed by atoms with Crippen molar-refractivity contribution in [2.24, 2.45) is 0 Å². The molecule has 2 fully saturated rings. The molecule has 0 heterocycles. The van der Waals surface area contributed by atoms with Crippen LogP contribution in [-0.4, -0.2) is 11.2 Å². The molecule has 21 heavy (non-hydrogen) atoms. The molecule has 0 aromatic heterocycles. The Hall–Kier alpha value is -1.02. The standard InChI is InChI=1S/C19H28O2/c1-18(10-3-4-11-18)20-15-16-8-7-9-17(14-16)21-19(2)12-5-6-13-19/h7-9,14H,3-6,10-13,15H2,1-2H3. The minimum atomic E-state index is 0.0386. The van der Waals surface area contributed by atoms with E-state index in [-0.39, 0.29) is 11.2 Å². The number of rotatable bonds is 5. The molecule has 3 rings (SSSR count). The van der Waals surface area contributed by atoms with Gasteiger partial charge in [-0.15, -0.1) is 0 Å². The van der Waals surface area contributed by atoms with Gasteiger partial charge in [0.05, 0.1) is 12.2 Å². The molecule has 0 saturated heterocycles. The van der Waals surface area contributed by atoms with Crippen LogP contribution < -0.4 is 4.74 Å². The number of hydrogen-bond donors (Lipinski definition) is 0. The fraction of sp³-hybridized carbons (Fsp3) is 0.684. The van der Waals surface area contributed by atoms with Gasteiger partial charge in [0.25, 0.3) is 0 Å². The van der Waals surface area contributed by atoms with E-state index in [0.717, 1.165) is 5.75 Å². The van der Waals surface area contributed by atoms with Crippen LogP contribution >= 0.6 is 0 Å². The summed E-state index contributed by atoms with van der Waals surface area (Å²) in [6.45, 7) is 5.19. The molecule has 116 valence electrons. The Balaban J connectivity index is 1.60. The molecular weight excluding hydrogens is 260 g/mol. The minimum Gasteiger partial charge on any atom is -0.488 e. The Bertz CT molecular complexity index is 468. The first-order valence-electron chi connectivity index (χ1n) is 8.49. The summed E-state index contributed by atoms with van der Waals surface area (Å²) in [7, 11) is 0. The molecule has 2 nitrogen and oxygen atoms in total. The van der Waals surface area contributed by atoms with Gasteiger partial charge in [0.2, 0.25) is 0 Å². The van der Waals surface area contributed by atoms with Crippen LogP contribution in [0, 0.1) is 0 Å². The molecule has 0 radical (unpaired) electrons. The Labute approximate surface area is 128 Å². The predicted octanol–water partition coefficient (Wildman–Crippen LogP) is 5.25. The summed E-state index contributed by atoms with van der Waals surface area (Å²) in [6.07, 6.45) is 9.92. The molecule has 2 aliphatic carbocycles. The lowest BCUT2D eigenvalue weighted by Gasteiger charge is -2.27.